The van der Waals surface area contributed by atoms with E-state index in [4.69, 9.17) is 14.3 Å². The predicted octanol–water partition coefficient (Wildman–Crippen LogP) is 4.07. The minimum atomic E-state index is -1.11. The first-order valence-electron chi connectivity index (χ1n) is 11.7. The lowest BCUT2D eigenvalue weighted by atomic mass is 9.90. The number of rotatable bonds is 6. The first-order valence-corrected chi connectivity index (χ1v) is 12.5. The number of carbonyl (C=O) groups excluding carboxylic acids is 4. The van der Waals surface area contributed by atoms with Gasteiger partial charge in [0.1, 0.15) is 15.8 Å². The number of hydroxylamine groups is 1. The standard InChI is InChI=1S/C27H24N2O7S/c1-4-35-27(33)22-15(2)18(26(32)34-3)25(37-22)28-23(30)19-20(16-11-7-5-8-12-16)29(36-21(19)24(28)31)17-13-9-6-10-14-17/h5-14,19-21H,4H2,1-3H3/t19-,20+,21+/m1/s1. The number of hydrogen-bond acceptors (Lipinski definition) is 9. The third-order valence-electron chi connectivity index (χ3n) is 6.45. The van der Waals surface area contributed by atoms with E-state index in [0.29, 0.717) is 5.69 Å². The van der Waals surface area contributed by atoms with E-state index in [1.807, 2.05) is 60.7 Å². The summed E-state index contributed by atoms with van der Waals surface area (Å²) < 4.78 is 10.0. The van der Waals surface area contributed by atoms with Crippen LogP contribution in [0.4, 0.5) is 10.7 Å². The van der Waals surface area contributed by atoms with Gasteiger partial charge in [0.25, 0.3) is 5.91 Å². The largest absolute Gasteiger partial charge is 0.465 e. The van der Waals surface area contributed by atoms with Gasteiger partial charge in [0.2, 0.25) is 5.91 Å². The zero-order chi connectivity index (χ0) is 26.3. The number of imide groups is 1. The quantitative estimate of drug-likeness (QED) is 0.354. The second-order valence-corrected chi connectivity index (χ2v) is 9.53. The van der Waals surface area contributed by atoms with Crippen molar-refractivity contribution in [1.29, 1.82) is 0 Å². The van der Waals surface area contributed by atoms with Gasteiger partial charge in [0.15, 0.2) is 6.10 Å². The van der Waals surface area contributed by atoms with Crippen LogP contribution in [0.2, 0.25) is 0 Å². The van der Waals surface area contributed by atoms with Gasteiger partial charge in [0.05, 0.1) is 31.0 Å². The van der Waals surface area contributed by atoms with E-state index >= 15 is 0 Å². The molecule has 0 saturated carbocycles. The molecule has 2 amide bonds. The Labute approximate surface area is 217 Å². The van der Waals surface area contributed by atoms with Crippen molar-refractivity contribution >= 4 is 45.8 Å². The molecule has 1 aromatic heterocycles. The highest BCUT2D eigenvalue weighted by atomic mass is 32.1. The average Bonchev–Trinajstić information content (AvgIpc) is 3.55. The summed E-state index contributed by atoms with van der Waals surface area (Å²) in [7, 11) is 1.20. The first kappa shape index (κ1) is 24.7. The number of nitrogens with zero attached hydrogens (tertiary/aromatic N) is 2. The number of hydrogen-bond donors (Lipinski definition) is 0. The van der Waals surface area contributed by atoms with E-state index in [2.05, 4.69) is 0 Å². The highest BCUT2D eigenvalue weighted by Crippen LogP contribution is 2.49. The third kappa shape index (κ3) is 3.98. The van der Waals surface area contributed by atoms with Gasteiger partial charge in [-0.15, -0.1) is 11.3 Å². The van der Waals surface area contributed by atoms with Crippen LogP contribution in [0.25, 0.3) is 0 Å². The molecule has 0 radical (unpaired) electrons. The van der Waals surface area contributed by atoms with Crippen LogP contribution in [0.5, 0.6) is 0 Å². The zero-order valence-corrected chi connectivity index (χ0v) is 21.2. The summed E-state index contributed by atoms with van der Waals surface area (Å²) in [6.07, 6.45) is -1.11. The minimum Gasteiger partial charge on any atom is -0.465 e. The fourth-order valence-electron chi connectivity index (χ4n) is 4.79. The van der Waals surface area contributed by atoms with E-state index in [1.54, 1.807) is 18.9 Å². The zero-order valence-electron chi connectivity index (χ0n) is 20.4. The van der Waals surface area contributed by atoms with E-state index in [1.165, 1.54) is 7.11 Å². The average molecular weight is 521 g/mol. The van der Waals surface area contributed by atoms with Crippen molar-refractivity contribution in [2.45, 2.75) is 26.0 Å². The summed E-state index contributed by atoms with van der Waals surface area (Å²) in [6, 6.07) is 18.0. The molecule has 3 heterocycles. The summed E-state index contributed by atoms with van der Waals surface area (Å²) in [6.45, 7) is 3.36. The monoisotopic (exact) mass is 520 g/mol. The van der Waals surface area contributed by atoms with Crippen molar-refractivity contribution in [2.24, 2.45) is 5.92 Å². The molecule has 3 aromatic rings. The summed E-state index contributed by atoms with van der Waals surface area (Å²) in [5.74, 6) is -3.42. The molecule has 2 aliphatic rings. The Kier molecular flexibility index (Phi) is 6.53. The summed E-state index contributed by atoms with van der Waals surface area (Å²) in [5.41, 5.74) is 1.76. The molecule has 0 bridgehead atoms. The highest BCUT2D eigenvalue weighted by Gasteiger charge is 2.61. The minimum absolute atomic E-state index is 0.0200. The van der Waals surface area contributed by atoms with Crippen LogP contribution in [0.15, 0.2) is 60.7 Å². The summed E-state index contributed by atoms with van der Waals surface area (Å²) >= 11 is 0.855. The molecule has 2 aromatic carbocycles. The van der Waals surface area contributed by atoms with Gasteiger partial charge >= 0.3 is 11.9 Å². The lowest BCUT2D eigenvalue weighted by Gasteiger charge is -2.28. The van der Waals surface area contributed by atoms with Gasteiger partial charge in [-0.25, -0.2) is 19.6 Å². The van der Waals surface area contributed by atoms with Crippen molar-refractivity contribution in [3.63, 3.8) is 0 Å². The number of benzene rings is 2. The number of anilines is 2. The lowest BCUT2D eigenvalue weighted by molar-refractivity contribution is -0.126. The molecular weight excluding hydrogens is 496 g/mol. The summed E-state index contributed by atoms with van der Waals surface area (Å²) in [5, 5.41) is 1.63. The van der Waals surface area contributed by atoms with E-state index in [-0.39, 0.29) is 27.6 Å². The molecular formula is C27H24N2O7S. The van der Waals surface area contributed by atoms with Crippen molar-refractivity contribution in [3.8, 4) is 0 Å². The van der Waals surface area contributed by atoms with Gasteiger partial charge in [-0.1, -0.05) is 48.5 Å². The Bertz CT molecular complexity index is 1370. The Hall–Kier alpha value is -4.02. The Balaban J connectivity index is 1.60. The number of para-hydroxylation sites is 1. The molecule has 190 valence electrons. The number of amides is 2. The fourth-order valence-corrected chi connectivity index (χ4v) is 5.99. The fraction of sp³-hybridized carbons (Fsp3) is 0.259. The van der Waals surface area contributed by atoms with Gasteiger partial charge in [-0.05, 0) is 37.1 Å². The van der Waals surface area contributed by atoms with E-state index < -0.39 is 41.8 Å². The molecule has 2 aliphatic heterocycles. The van der Waals surface area contributed by atoms with Crippen molar-refractivity contribution < 1.29 is 33.5 Å². The molecule has 2 saturated heterocycles. The van der Waals surface area contributed by atoms with Gasteiger partial charge in [0, 0.05) is 0 Å². The maximum atomic E-state index is 14.0. The SMILES string of the molecule is CCOC(=O)c1sc(N2C(=O)[C@H]3[C@H](ON(c4ccccc4)[C@H]3c3ccccc3)C2=O)c(C(=O)OC)c1C. The van der Waals surface area contributed by atoms with Crippen molar-refractivity contribution in [3.05, 3.63) is 82.2 Å². The number of esters is 2. The molecule has 0 spiro atoms. The number of carbonyl (C=O) groups is 4. The van der Waals surface area contributed by atoms with Gasteiger partial charge < -0.3 is 9.47 Å². The number of fused-ring (bicyclic) bond motifs is 1. The normalized spacial score (nSPS) is 20.8. The Morgan fingerprint density at radius 1 is 0.973 bits per heavy atom. The van der Waals surface area contributed by atoms with Crippen molar-refractivity contribution in [1.82, 2.24) is 0 Å². The maximum Gasteiger partial charge on any atom is 0.348 e. The van der Waals surface area contributed by atoms with Crippen LogP contribution in [-0.4, -0.2) is 43.6 Å². The summed E-state index contributed by atoms with van der Waals surface area (Å²) in [4.78, 5) is 60.2. The first-order chi connectivity index (χ1) is 17.9. The van der Waals surface area contributed by atoms with Crippen LogP contribution in [-0.2, 0) is 23.9 Å². The predicted molar refractivity (Wildman–Crippen MR) is 135 cm³/mol. The second kappa shape index (κ2) is 9.79. The van der Waals surface area contributed by atoms with E-state index in [0.717, 1.165) is 21.8 Å². The maximum absolute atomic E-state index is 14.0. The van der Waals surface area contributed by atoms with Gasteiger partial charge in [-0.2, -0.15) is 0 Å². The number of methoxy groups -OCH3 is 1. The Morgan fingerprint density at radius 3 is 2.24 bits per heavy atom. The molecule has 2 fully saturated rings. The Morgan fingerprint density at radius 2 is 1.62 bits per heavy atom. The van der Waals surface area contributed by atoms with Crippen molar-refractivity contribution in [2.75, 3.05) is 23.7 Å². The highest BCUT2D eigenvalue weighted by molar-refractivity contribution is 7.19. The molecule has 0 aliphatic carbocycles. The number of ether oxygens (including phenoxy) is 2. The molecule has 9 nitrogen and oxygen atoms in total. The molecule has 3 atom stereocenters. The van der Waals surface area contributed by atoms with Gasteiger partial charge in [-0.3, -0.25) is 14.4 Å². The second-order valence-electron chi connectivity index (χ2n) is 8.53. The van der Waals surface area contributed by atoms with Crippen LogP contribution < -0.4 is 9.96 Å². The molecule has 0 unspecified atom stereocenters. The topological polar surface area (TPSA) is 102 Å². The van der Waals surface area contributed by atoms with Crippen LogP contribution >= 0.6 is 11.3 Å². The van der Waals surface area contributed by atoms with Crippen LogP contribution in [0.3, 0.4) is 0 Å². The van der Waals surface area contributed by atoms with Crippen LogP contribution in [0, 0.1) is 12.8 Å². The molecule has 5 rings (SSSR count). The molecule has 37 heavy (non-hydrogen) atoms. The third-order valence-corrected chi connectivity index (χ3v) is 7.71. The number of thiophene rings is 1. The lowest BCUT2D eigenvalue weighted by Crippen LogP contribution is -2.37. The molecule has 0 N–H and O–H groups in total. The van der Waals surface area contributed by atoms with E-state index in [9.17, 15) is 19.2 Å². The van der Waals surface area contributed by atoms with Crippen LogP contribution in [0.1, 0.15) is 44.1 Å². The molecule has 10 heteroatoms. The smallest absolute Gasteiger partial charge is 0.348 e.